The molecule has 0 heterocycles. The maximum absolute atomic E-state index is 14.1. The van der Waals surface area contributed by atoms with Crippen molar-refractivity contribution < 1.29 is 18.0 Å². The highest BCUT2D eigenvalue weighted by Crippen LogP contribution is 2.29. The highest BCUT2D eigenvalue weighted by molar-refractivity contribution is 9.10. The molecule has 3 aromatic carbocycles. The predicted molar refractivity (Wildman–Crippen MR) is 171 cm³/mol. The van der Waals surface area contributed by atoms with Gasteiger partial charge in [-0.2, -0.15) is 0 Å². The van der Waals surface area contributed by atoms with Crippen molar-refractivity contribution >= 4 is 55.1 Å². The first-order valence-corrected chi connectivity index (χ1v) is 16.8. The van der Waals surface area contributed by atoms with Gasteiger partial charge >= 0.3 is 0 Å². The summed E-state index contributed by atoms with van der Waals surface area (Å²) in [5.41, 5.74) is 2.77. The normalized spacial score (nSPS) is 14.7. The monoisotopic (exact) mass is 673 g/mol. The number of nitrogens with one attached hydrogen (secondary N) is 1. The van der Waals surface area contributed by atoms with Crippen molar-refractivity contribution in [2.75, 3.05) is 10.8 Å². The molecule has 42 heavy (non-hydrogen) atoms. The fourth-order valence-corrected chi connectivity index (χ4v) is 6.89. The van der Waals surface area contributed by atoms with E-state index < -0.39 is 28.5 Å². The Morgan fingerprint density at radius 3 is 2.24 bits per heavy atom. The smallest absolute Gasteiger partial charge is 0.264 e. The first-order chi connectivity index (χ1) is 20.0. The first kappa shape index (κ1) is 32.0. The van der Waals surface area contributed by atoms with Crippen LogP contribution in [0.15, 0.2) is 76.1 Å². The standard InChI is InChI=1S/C32H37BrClN3O4S/c1-22-9-17-29(18-10-22)42(40,41)37(28-16-11-23(2)30(34)19-28)21-31(38)36(20-25-12-14-26(33)15-13-25)24(3)32(39)35-27-7-5-4-6-8-27/h9-19,24,27H,4-8,20-21H2,1-3H3,(H,35,39)/t24-/m0/s1. The highest BCUT2D eigenvalue weighted by Gasteiger charge is 2.33. The van der Waals surface area contributed by atoms with Crippen molar-refractivity contribution in [3.05, 3.63) is 92.9 Å². The molecule has 1 N–H and O–H groups in total. The van der Waals surface area contributed by atoms with Crippen molar-refractivity contribution in [1.29, 1.82) is 0 Å². The minimum Gasteiger partial charge on any atom is -0.352 e. The van der Waals surface area contributed by atoms with Gasteiger partial charge in [0.15, 0.2) is 0 Å². The third-order valence-corrected chi connectivity index (χ3v) is 10.4. The van der Waals surface area contributed by atoms with Crippen LogP contribution in [0.1, 0.15) is 55.7 Å². The summed E-state index contributed by atoms with van der Waals surface area (Å²) in [7, 11) is -4.16. The Hall–Kier alpha value is -2.88. The first-order valence-electron chi connectivity index (χ1n) is 14.2. The number of nitrogens with zero attached hydrogens (tertiary/aromatic N) is 2. The number of anilines is 1. The maximum atomic E-state index is 14.1. The van der Waals surface area contributed by atoms with Crippen LogP contribution in [0.25, 0.3) is 0 Å². The lowest BCUT2D eigenvalue weighted by Crippen LogP contribution is -2.53. The average molecular weight is 675 g/mol. The van der Waals surface area contributed by atoms with E-state index in [4.69, 9.17) is 11.6 Å². The number of halogens is 2. The summed E-state index contributed by atoms with van der Waals surface area (Å²) < 4.78 is 29.9. The predicted octanol–water partition coefficient (Wildman–Crippen LogP) is 6.78. The number of sulfonamides is 1. The van der Waals surface area contributed by atoms with E-state index in [9.17, 15) is 18.0 Å². The van der Waals surface area contributed by atoms with Crippen LogP contribution in [-0.2, 0) is 26.2 Å². The van der Waals surface area contributed by atoms with E-state index in [0.29, 0.717) is 5.02 Å². The number of carbonyl (C=O) groups excluding carboxylic acids is 2. The van der Waals surface area contributed by atoms with Crippen LogP contribution in [0.4, 0.5) is 5.69 Å². The summed E-state index contributed by atoms with van der Waals surface area (Å²) in [5.74, 6) is -0.754. The number of carbonyl (C=O) groups is 2. The van der Waals surface area contributed by atoms with E-state index in [1.54, 1.807) is 37.3 Å². The molecule has 2 amide bonds. The topological polar surface area (TPSA) is 86.8 Å². The molecular formula is C32H37BrClN3O4S. The Kier molecular flexibility index (Phi) is 10.7. The van der Waals surface area contributed by atoms with Gasteiger partial charge in [0.2, 0.25) is 11.8 Å². The fourth-order valence-electron chi connectivity index (χ4n) is 5.04. The summed E-state index contributed by atoms with van der Waals surface area (Å²) >= 11 is 9.84. The van der Waals surface area contributed by atoms with Gasteiger partial charge < -0.3 is 10.2 Å². The van der Waals surface area contributed by atoms with Crippen molar-refractivity contribution in [1.82, 2.24) is 10.2 Å². The summed E-state index contributed by atoms with van der Waals surface area (Å²) in [4.78, 5) is 29.1. The lowest BCUT2D eigenvalue weighted by molar-refractivity contribution is -0.139. The number of hydrogen-bond acceptors (Lipinski definition) is 4. The molecule has 4 rings (SSSR count). The number of aryl methyl sites for hydroxylation is 2. The molecule has 1 aliphatic carbocycles. The number of hydrogen-bond donors (Lipinski definition) is 1. The molecule has 1 aliphatic rings. The maximum Gasteiger partial charge on any atom is 0.264 e. The second kappa shape index (κ2) is 14.1. The molecule has 7 nitrogen and oxygen atoms in total. The minimum absolute atomic E-state index is 0.0557. The lowest BCUT2D eigenvalue weighted by Gasteiger charge is -2.33. The van der Waals surface area contributed by atoms with Crippen molar-refractivity contribution in [2.45, 2.75) is 76.4 Å². The van der Waals surface area contributed by atoms with Gasteiger partial charge in [0.25, 0.3) is 10.0 Å². The molecule has 0 unspecified atom stereocenters. The van der Waals surface area contributed by atoms with Gasteiger partial charge in [-0.25, -0.2) is 8.42 Å². The lowest BCUT2D eigenvalue weighted by atomic mass is 9.95. The van der Waals surface area contributed by atoms with E-state index in [0.717, 1.165) is 57.6 Å². The third kappa shape index (κ3) is 7.94. The van der Waals surface area contributed by atoms with Crippen LogP contribution < -0.4 is 9.62 Å². The Bertz CT molecular complexity index is 1510. The molecule has 224 valence electrons. The summed E-state index contributed by atoms with van der Waals surface area (Å²) in [5, 5.41) is 3.50. The molecule has 0 aliphatic heterocycles. The third-order valence-electron chi connectivity index (χ3n) is 7.72. The Morgan fingerprint density at radius 2 is 1.62 bits per heavy atom. The molecule has 0 aromatic heterocycles. The molecule has 0 spiro atoms. The Labute approximate surface area is 262 Å². The van der Waals surface area contributed by atoms with E-state index in [-0.39, 0.29) is 29.1 Å². The molecule has 0 saturated heterocycles. The molecule has 0 radical (unpaired) electrons. The van der Waals surface area contributed by atoms with Crippen LogP contribution in [0.2, 0.25) is 5.02 Å². The Balaban J connectivity index is 1.69. The van der Waals surface area contributed by atoms with E-state index in [1.807, 2.05) is 38.1 Å². The van der Waals surface area contributed by atoms with E-state index >= 15 is 0 Å². The van der Waals surface area contributed by atoms with Crippen molar-refractivity contribution in [3.63, 3.8) is 0 Å². The van der Waals surface area contributed by atoms with E-state index in [1.165, 1.54) is 17.0 Å². The second-order valence-electron chi connectivity index (χ2n) is 10.9. The van der Waals surface area contributed by atoms with E-state index in [2.05, 4.69) is 21.2 Å². The van der Waals surface area contributed by atoms with Crippen molar-refractivity contribution in [2.24, 2.45) is 0 Å². The van der Waals surface area contributed by atoms with Crippen LogP contribution in [-0.4, -0.2) is 43.8 Å². The summed E-state index contributed by atoms with van der Waals surface area (Å²) in [6, 6.07) is 18.1. The van der Waals surface area contributed by atoms with Crippen LogP contribution in [0.5, 0.6) is 0 Å². The van der Waals surface area contributed by atoms with Crippen LogP contribution in [0, 0.1) is 13.8 Å². The molecule has 3 aromatic rings. The zero-order valence-corrected chi connectivity index (χ0v) is 27.3. The van der Waals surface area contributed by atoms with Gasteiger partial charge in [-0.15, -0.1) is 0 Å². The number of rotatable bonds is 10. The fraction of sp³-hybridized carbons (Fsp3) is 0.375. The second-order valence-corrected chi connectivity index (χ2v) is 14.1. The number of amides is 2. The molecule has 0 bridgehead atoms. The quantitative estimate of drug-likeness (QED) is 0.257. The summed E-state index contributed by atoms with van der Waals surface area (Å²) in [6.45, 7) is 5.02. The summed E-state index contributed by atoms with van der Waals surface area (Å²) in [6.07, 6.45) is 5.10. The minimum atomic E-state index is -4.16. The molecule has 1 atom stereocenters. The van der Waals surface area contributed by atoms with Gasteiger partial charge in [-0.1, -0.05) is 82.7 Å². The number of benzene rings is 3. The Morgan fingerprint density at radius 1 is 0.976 bits per heavy atom. The zero-order valence-electron chi connectivity index (χ0n) is 24.1. The molecule has 1 saturated carbocycles. The zero-order chi connectivity index (χ0) is 30.4. The average Bonchev–Trinajstić information content (AvgIpc) is 2.97. The molecular weight excluding hydrogens is 638 g/mol. The van der Waals surface area contributed by atoms with Crippen LogP contribution >= 0.6 is 27.5 Å². The van der Waals surface area contributed by atoms with Gasteiger partial charge in [0.1, 0.15) is 12.6 Å². The molecule has 1 fully saturated rings. The van der Waals surface area contributed by atoms with Crippen molar-refractivity contribution in [3.8, 4) is 0 Å². The van der Waals surface area contributed by atoms with Gasteiger partial charge in [0, 0.05) is 22.1 Å². The SMILES string of the molecule is Cc1ccc(S(=O)(=O)N(CC(=O)N(Cc2ccc(Br)cc2)[C@@H](C)C(=O)NC2CCCCC2)c2ccc(C)c(Cl)c2)cc1. The largest absolute Gasteiger partial charge is 0.352 e. The van der Waals surface area contributed by atoms with Gasteiger partial charge in [-0.3, -0.25) is 13.9 Å². The highest BCUT2D eigenvalue weighted by atomic mass is 79.9. The molecule has 10 heteroatoms. The van der Waals surface area contributed by atoms with Gasteiger partial charge in [-0.05, 0) is 81.1 Å². The van der Waals surface area contributed by atoms with Gasteiger partial charge in [0.05, 0.1) is 10.6 Å². The van der Waals surface area contributed by atoms with Crippen LogP contribution in [0.3, 0.4) is 0 Å².